The Kier molecular flexibility index (Phi) is 8.25. The fourth-order valence-electron chi connectivity index (χ4n) is 2.83. The summed E-state index contributed by atoms with van der Waals surface area (Å²) in [6.07, 6.45) is 0. The summed E-state index contributed by atoms with van der Waals surface area (Å²) in [7, 11) is -2.09. The minimum atomic E-state index is -3.61. The van der Waals surface area contributed by atoms with Crippen LogP contribution in [0.5, 0.6) is 11.5 Å². The summed E-state index contributed by atoms with van der Waals surface area (Å²) in [6.45, 7) is 8.95. The van der Waals surface area contributed by atoms with Crippen LogP contribution >= 0.6 is 0 Å². The van der Waals surface area contributed by atoms with Gasteiger partial charge in [-0.05, 0) is 42.3 Å². The van der Waals surface area contributed by atoms with Gasteiger partial charge in [0.1, 0.15) is 0 Å². The van der Waals surface area contributed by atoms with Gasteiger partial charge in [-0.15, -0.1) is 0 Å². The molecule has 0 unspecified atom stereocenters. The van der Waals surface area contributed by atoms with Crippen LogP contribution in [0, 0.1) is 5.92 Å². The molecule has 0 radical (unpaired) electrons. The molecule has 0 spiro atoms. The van der Waals surface area contributed by atoms with Gasteiger partial charge < -0.3 is 14.8 Å². The molecule has 0 aliphatic rings. The van der Waals surface area contributed by atoms with Gasteiger partial charge in [0.15, 0.2) is 11.5 Å². The number of ether oxygens (including phenoxy) is 2. The number of rotatable bonds is 10. The Labute approximate surface area is 179 Å². The highest BCUT2D eigenvalue weighted by molar-refractivity contribution is 7.89. The quantitative estimate of drug-likeness (QED) is 0.611. The Hall–Kier alpha value is -2.58. The number of carbonyl (C=O) groups is 1. The first-order valence-corrected chi connectivity index (χ1v) is 11.4. The zero-order valence-electron chi connectivity index (χ0n) is 18.1. The maximum absolute atomic E-state index is 12.7. The number of nitrogens with one attached hydrogen (secondary N) is 1. The molecule has 164 valence electrons. The minimum Gasteiger partial charge on any atom is -0.493 e. The Balaban J connectivity index is 2.22. The van der Waals surface area contributed by atoms with Crippen molar-refractivity contribution in [1.82, 2.24) is 4.31 Å². The zero-order chi connectivity index (χ0) is 22.3. The van der Waals surface area contributed by atoms with E-state index in [1.165, 1.54) is 23.5 Å². The predicted octanol–water partition coefficient (Wildman–Crippen LogP) is 4.01. The Bertz CT molecular complexity index is 969. The van der Waals surface area contributed by atoms with Crippen molar-refractivity contribution < 1.29 is 22.7 Å². The summed E-state index contributed by atoms with van der Waals surface area (Å²) in [6, 6.07) is 11.2. The fraction of sp³-hybridized carbons (Fsp3) is 0.409. The molecule has 1 N–H and O–H groups in total. The highest BCUT2D eigenvalue weighted by atomic mass is 32.2. The van der Waals surface area contributed by atoms with Crippen LogP contribution in [0.2, 0.25) is 0 Å². The number of hydrogen-bond donors (Lipinski definition) is 1. The molecule has 0 aromatic heterocycles. The number of nitrogens with zero attached hydrogens (tertiary/aromatic N) is 1. The number of benzene rings is 2. The van der Waals surface area contributed by atoms with Gasteiger partial charge in [-0.3, -0.25) is 4.79 Å². The SMILES string of the molecule is CCN(CC)S(=O)(=O)c1cccc(NC(=O)c2ccc(OCC(C)C)c(OC)c2)c1. The first-order chi connectivity index (χ1) is 14.2. The van der Waals surface area contributed by atoms with Crippen molar-refractivity contribution in [3.63, 3.8) is 0 Å². The highest BCUT2D eigenvalue weighted by Gasteiger charge is 2.22. The van der Waals surface area contributed by atoms with Gasteiger partial charge in [0.05, 0.1) is 18.6 Å². The van der Waals surface area contributed by atoms with E-state index in [1.54, 1.807) is 44.2 Å². The second-order valence-corrected chi connectivity index (χ2v) is 9.08. The van der Waals surface area contributed by atoms with Gasteiger partial charge in [-0.1, -0.05) is 33.8 Å². The van der Waals surface area contributed by atoms with Crippen LogP contribution in [0.25, 0.3) is 0 Å². The molecule has 7 nitrogen and oxygen atoms in total. The molecule has 1 amide bonds. The van der Waals surface area contributed by atoms with Crippen LogP contribution in [0.3, 0.4) is 0 Å². The molecule has 0 saturated heterocycles. The Morgan fingerprint density at radius 1 is 1.07 bits per heavy atom. The lowest BCUT2D eigenvalue weighted by atomic mass is 10.1. The van der Waals surface area contributed by atoms with Crippen LogP contribution in [0.15, 0.2) is 47.4 Å². The first-order valence-electron chi connectivity index (χ1n) is 9.95. The van der Waals surface area contributed by atoms with Crippen molar-refractivity contribution in [2.24, 2.45) is 5.92 Å². The Morgan fingerprint density at radius 3 is 2.37 bits per heavy atom. The molecule has 0 bridgehead atoms. The van der Waals surface area contributed by atoms with Crippen LogP contribution < -0.4 is 14.8 Å². The second kappa shape index (κ2) is 10.4. The van der Waals surface area contributed by atoms with Crippen LogP contribution in [-0.4, -0.2) is 45.4 Å². The normalized spacial score (nSPS) is 11.6. The predicted molar refractivity (Wildman–Crippen MR) is 118 cm³/mol. The maximum Gasteiger partial charge on any atom is 0.255 e. The molecule has 0 heterocycles. The van der Waals surface area contributed by atoms with Gasteiger partial charge in [0.25, 0.3) is 5.91 Å². The average Bonchev–Trinajstić information content (AvgIpc) is 2.72. The molecule has 8 heteroatoms. The van der Waals surface area contributed by atoms with E-state index in [4.69, 9.17) is 9.47 Å². The lowest BCUT2D eigenvalue weighted by molar-refractivity contribution is 0.102. The van der Waals surface area contributed by atoms with Gasteiger partial charge in [-0.25, -0.2) is 8.42 Å². The van der Waals surface area contributed by atoms with Gasteiger partial charge in [-0.2, -0.15) is 4.31 Å². The van der Waals surface area contributed by atoms with E-state index in [-0.39, 0.29) is 10.8 Å². The molecule has 2 aromatic rings. The lowest BCUT2D eigenvalue weighted by Gasteiger charge is -2.19. The maximum atomic E-state index is 12.7. The fourth-order valence-corrected chi connectivity index (χ4v) is 4.34. The number of hydrogen-bond acceptors (Lipinski definition) is 5. The van der Waals surface area contributed by atoms with Crippen molar-refractivity contribution in [3.8, 4) is 11.5 Å². The molecule has 0 saturated carbocycles. The van der Waals surface area contributed by atoms with Crippen molar-refractivity contribution >= 4 is 21.6 Å². The number of methoxy groups -OCH3 is 1. The monoisotopic (exact) mass is 434 g/mol. The Morgan fingerprint density at radius 2 is 1.77 bits per heavy atom. The molecule has 0 aliphatic carbocycles. The number of amides is 1. The van der Waals surface area contributed by atoms with Crippen LogP contribution in [0.4, 0.5) is 5.69 Å². The summed E-state index contributed by atoms with van der Waals surface area (Å²) in [5.74, 6) is 1.01. The standard InChI is InChI=1S/C22H30N2O5S/c1-6-24(7-2)30(26,27)19-10-8-9-18(14-19)23-22(25)17-11-12-20(21(13-17)28-5)29-15-16(3)4/h8-14,16H,6-7,15H2,1-5H3,(H,23,25). The van der Waals surface area contributed by atoms with E-state index in [1.807, 2.05) is 13.8 Å². The second-order valence-electron chi connectivity index (χ2n) is 7.14. The van der Waals surface area contributed by atoms with Gasteiger partial charge in [0.2, 0.25) is 10.0 Å². The third kappa shape index (κ3) is 5.73. The van der Waals surface area contributed by atoms with Crippen molar-refractivity contribution in [2.75, 3.05) is 32.1 Å². The minimum absolute atomic E-state index is 0.138. The van der Waals surface area contributed by atoms with Crippen molar-refractivity contribution in [2.45, 2.75) is 32.6 Å². The molecular formula is C22H30N2O5S. The number of carbonyl (C=O) groups excluding carboxylic acids is 1. The van der Waals surface area contributed by atoms with Crippen LogP contribution in [0.1, 0.15) is 38.1 Å². The third-order valence-electron chi connectivity index (χ3n) is 4.43. The van der Waals surface area contributed by atoms with E-state index in [0.29, 0.717) is 48.4 Å². The zero-order valence-corrected chi connectivity index (χ0v) is 19.0. The highest BCUT2D eigenvalue weighted by Crippen LogP contribution is 2.29. The van der Waals surface area contributed by atoms with Crippen molar-refractivity contribution in [1.29, 1.82) is 0 Å². The molecule has 30 heavy (non-hydrogen) atoms. The third-order valence-corrected chi connectivity index (χ3v) is 6.48. The van der Waals surface area contributed by atoms with E-state index in [2.05, 4.69) is 5.32 Å². The summed E-state index contributed by atoms with van der Waals surface area (Å²) >= 11 is 0. The number of anilines is 1. The summed E-state index contributed by atoms with van der Waals surface area (Å²) in [5.41, 5.74) is 0.771. The van der Waals surface area contributed by atoms with E-state index in [0.717, 1.165) is 0 Å². The molecule has 0 fully saturated rings. The lowest BCUT2D eigenvalue weighted by Crippen LogP contribution is -2.30. The molecule has 2 aromatic carbocycles. The average molecular weight is 435 g/mol. The molecular weight excluding hydrogens is 404 g/mol. The first kappa shape index (κ1) is 23.7. The van der Waals surface area contributed by atoms with Gasteiger partial charge in [0, 0.05) is 24.3 Å². The van der Waals surface area contributed by atoms with E-state index >= 15 is 0 Å². The van der Waals surface area contributed by atoms with Crippen LogP contribution in [-0.2, 0) is 10.0 Å². The van der Waals surface area contributed by atoms with E-state index < -0.39 is 10.0 Å². The summed E-state index contributed by atoms with van der Waals surface area (Å²) in [4.78, 5) is 12.8. The van der Waals surface area contributed by atoms with E-state index in [9.17, 15) is 13.2 Å². The van der Waals surface area contributed by atoms with Crippen molar-refractivity contribution in [3.05, 3.63) is 48.0 Å². The smallest absolute Gasteiger partial charge is 0.255 e. The molecule has 2 rings (SSSR count). The summed E-state index contributed by atoms with van der Waals surface area (Å²) < 4.78 is 37.9. The molecule has 0 atom stereocenters. The topological polar surface area (TPSA) is 84.9 Å². The number of sulfonamides is 1. The summed E-state index contributed by atoms with van der Waals surface area (Å²) in [5, 5.41) is 2.75. The largest absolute Gasteiger partial charge is 0.493 e. The molecule has 0 aliphatic heterocycles. The van der Waals surface area contributed by atoms with Gasteiger partial charge >= 0.3 is 0 Å².